The number of aromatic nitrogens is 1. The van der Waals surface area contributed by atoms with Crippen LogP contribution >= 0.6 is 11.6 Å². The van der Waals surface area contributed by atoms with Crippen molar-refractivity contribution in [3.05, 3.63) is 58.9 Å². The van der Waals surface area contributed by atoms with E-state index in [-0.39, 0.29) is 0 Å². The second-order valence-corrected chi connectivity index (χ2v) is 5.25. The molecule has 2 aromatic rings. The Hall–Kier alpha value is -1.54. The smallest absolute Gasteiger partial charge is 0.171 e. The average molecular weight is 274 g/mol. The molecule has 1 aromatic heterocycles. The lowest BCUT2D eigenvalue weighted by Crippen LogP contribution is -2.16. The highest BCUT2D eigenvalue weighted by atomic mass is 35.5. The molecule has 19 heavy (non-hydrogen) atoms. The van der Waals surface area contributed by atoms with Crippen LogP contribution in [0.3, 0.4) is 0 Å². The summed E-state index contributed by atoms with van der Waals surface area (Å²) in [6.07, 6.45) is 5.26. The van der Waals surface area contributed by atoms with E-state index in [4.69, 9.17) is 16.3 Å². The van der Waals surface area contributed by atoms with Gasteiger partial charge in [0.25, 0.3) is 0 Å². The Morgan fingerprint density at radius 3 is 3.00 bits per heavy atom. The summed E-state index contributed by atoms with van der Waals surface area (Å²) in [7, 11) is 0. The van der Waals surface area contributed by atoms with Gasteiger partial charge < -0.3 is 4.74 Å². The van der Waals surface area contributed by atoms with E-state index in [0.29, 0.717) is 23.4 Å². The van der Waals surface area contributed by atoms with Crippen LogP contribution in [0.4, 0.5) is 0 Å². The molecule has 0 N–H and O–H groups in total. The van der Waals surface area contributed by atoms with Gasteiger partial charge in [-0.25, -0.2) is 4.98 Å². The van der Waals surface area contributed by atoms with Crippen LogP contribution in [-0.4, -0.2) is 11.6 Å². The van der Waals surface area contributed by atoms with Crippen LogP contribution in [0.15, 0.2) is 42.6 Å². The fourth-order valence-corrected chi connectivity index (χ4v) is 2.87. The highest BCUT2D eigenvalue weighted by Gasteiger charge is 2.20. The highest BCUT2D eigenvalue weighted by molar-refractivity contribution is 6.30. The van der Waals surface area contributed by atoms with Crippen molar-refractivity contribution in [3.8, 4) is 5.75 Å². The minimum atomic E-state index is 0.437. The normalized spacial score (nSPS) is 17.8. The number of pyridine rings is 1. The predicted molar refractivity (Wildman–Crippen MR) is 76.9 cm³/mol. The molecule has 3 rings (SSSR count). The Morgan fingerprint density at radius 1 is 1.21 bits per heavy atom. The van der Waals surface area contributed by atoms with Gasteiger partial charge in [-0.05, 0) is 42.5 Å². The first-order valence-electron chi connectivity index (χ1n) is 6.66. The van der Waals surface area contributed by atoms with E-state index in [1.807, 2.05) is 12.1 Å². The molecule has 98 valence electrons. The largest absolute Gasteiger partial charge is 0.490 e. The number of halogens is 1. The third kappa shape index (κ3) is 2.74. The Labute approximate surface area is 118 Å². The van der Waals surface area contributed by atoms with Gasteiger partial charge in [-0.3, -0.25) is 0 Å². The standard InChI is InChI=1S/C16H16ClNO/c17-16-15(9-4-10-18-16)19-11-13-7-3-6-12-5-1-2-8-14(12)13/h1-2,4-5,8-10,13H,3,6-7,11H2. The summed E-state index contributed by atoms with van der Waals surface area (Å²) in [4.78, 5) is 4.03. The molecule has 3 heteroatoms. The van der Waals surface area contributed by atoms with Crippen molar-refractivity contribution in [2.75, 3.05) is 6.61 Å². The molecular weight excluding hydrogens is 258 g/mol. The maximum atomic E-state index is 6.01. The van der Waals surface area contributed by atoms with Gasteiger partial charge in [0.2, 0.25) is 0 Å². The molecule has 0 saturated heterocycles. The van der Waals surface area contributed by atoms with E-state index in [0.717, 1.165) is 0 Å². The molecule has 1 heterocycles. The number of rotatable bonds is 3. The Bertz CT molecular complexity index is 570. The molecule has 0 saturated carbocycles. The molecule has 2 nitrogen and oxygen atoms in total. The lowest BCUT2D eigenvalue weighted by atomic mass is 9.83. The number of aryl methyl sites for hydroxylation is 1. The summed E-state index contributed by atoms with van der Waals surface area (Å²) in [6, 6.07) is 12.4. The fourth-order valence-electron chi connectivity index (χ4n) is 2.70. The van der Waals surface area contributed by atoms with Gasteiger partial charge in [0, 0.05) is 12.1 Å². The third-order valence-electron chi connectivity index (χ3n) is 3.66. The first kappa shape index (κ1) is 12.5. The summed E-state index contributed by atoms with van der Waals surface area (Å²) in [5.41, 5.74) is 2.88. The van der Waals surface area contributed by atoms with Crippen LogP contribution in [-0.2, 0) is 6.42 Å². The third-order valence-corrected chi connectivity index (χ3v) is 3.94. The Balaban J connectivity index is 1.73. The second-order valence-electron chi connectivity index (χ2n) is 4.89. The number of hydrogen-bond donors (Lipinski definition) is 0. The zero-order valence-electron chi connectivity index (χ0n) is 10.7. The molecule has 0 bridgehead atoms. The molecule has 1 aromatic carbocycles. The van der Waals surface area contributed by atoms with Crippen LogP contribution in [0.1, 0.15) is 29.9 Å². The van der Waals surface area contributed by atoms with Gasteiger partial charge in [-0.1, -0.05) is 35.9 Å². The molecule has 0 aliphatic heterocycles. The van der Waals surface area contributed by atoms with E-state index in [2.05, 4.69) is 29.2 Å². The first-order chi connectivity index (χ1) is 9.34. The summed E-state index contributed by atoms with van der Waals surface area (Å²) >= 11 is 6.01. The van der Waals surface area contributed by atoms with Crippen molar-refractivity contribution in [2.24, 2.45) is 0 Å². The number of nitrogens with zero attached hydrogens (tertiary/aromatic N) is 1. The van der Waals surface area contributed by atoms with Crippen molar-refractivity contribution in [2.45, 2.75) is 25.2 Å². The molecule has 1 aliphatic rings. The Morgan fingerprint density at radius 2 is 2.11 bits per heavy atom. The number of fused-ring (bicyclic) bond motifs is 1. The predicted octanol–water partition coefficient (Wildman–Crippen LogP) is 4.23. The summed E-state index contributed by atoms with van der Waals surface area (Å²) in [5, 5.41) is 0.437. The van der Waals surface area contributed by atoms with Gasteiger partial charge >= 0.3 is 0 Å². The molecule has 0 spiro atoms. The minimum Gasteiger partial charge on any atom is -0.490 e. The monoisotopic (exact) mass is 273 g/mol. The van der Waals surface area contributed by atoms with Gasteiger partial charge in [0.05, 0.1) is 6.61 Å². The lowest BCUT2D eigenvalue weighted by Gasteiger charge is -2.25. The molecule has 0 radical (unpaired) electrons. The fraction of sp³-hybridized carbons (Fsp3) is 0.312. The molecule has 0 fully saturated rings. The van der Waals surface area contributed by atoms with Crippen molar-refractivity contribution < 1.29 is 4.74 Å². The van der Waals surface area contributed by atoms with Crippen LogP contribution in [0.25, 0.3) is 0 Å². The molecule has 1 atom stereocenters. The summed E-state index contributed by atoms with van der Waals surface area (Å²) in [5.74, 6) is 1.13. The van der Waals surface area contributed by atoms with E-state index < -0.39 is 0 Å². The maximum absolute atomic E-state index is 6.01. The topological polar surface area (TPSA) is 22.1 Å². The minimum absolute atomic E-state index is 0.437. The quantitative estimate of drug-likeness (QED) is 0.781. The van der Waals surface area contributed by atoms with E-state index in [1.54, 1.807) is 6.20 Å². The van der Waals surface area contributed by atoms with Gasteiger partial charge in [-0.15, -0.1) is 0 Å². The molecular formula is C16H16ClNO. The van der Waals surface area contributed by atoms with Gasteiger partial charge in [0.15, 0.2) is 10.9 Å². The maximum Gasteiger partial charge on any atom is 0.171 e. The van der Waals surface area contributed by atoms with Crippen molar-refractivity contribution in [3.63, 3.8) is 0 Å². The molecule has 1 unspecified atom stereocenters. The van der Waals surface area contributed by atoms with Crippen molar-refractivity contribution in [1.29, 1.82) is 0 Å². The van der Waals surface area contributed by atoms with Crippen molar-refractivity contribution >= 4 is 11.6 Å². The van der Waals surface area contributed by atoms with Crippen LogP contribution in [0.2, 0.25) is 5.15 Å². The van der Waals surface area contributed by atoms with Crippen LogP contribution < -0.4 is 4.74 Å². The zero-order valence-corrected chi connectivity index (χ0v) is 11.4. The summed E-state index contributed by atoms with van der Waals surface area (Å²) < 4.78 is 5.84. The second kappa shape index (κ2) is 5.62. The van der Waals surface area contributed by atoms with Gasteiger partial charge in [0.1, 0.15) is 0 Å². The number of ether oxygens (including phenoxy) is 1. The van der Waals surface area contributed by atoms with E-state index in [1.165, 1.54) is 30.4 Å². The van der Waals surface area contributed by atoms with Crippen LogP contribution in [0, 0.1) is 0 Å². The average Bonchev–Trinajstić information content (AvgIpc) is 2.46. The zero-order chi connectivity index (χ0) is 13.1. The number of benzene rings is 1. The summed E-state index contributed by atoms with van der Waals surface area (Å²) in [6.45, 7) is 0.669. The van der Waals surface area contributed by atoms with E-state index >= 15 is 0 Å². The SMILES string of the molecule is Clc1ncccc1OCC1CCCc2ccccc21. The molecule has 0 amide bonds. The number of hydrogen-bond acceptors (Lipinski definition) is 2. The van der Waals surface area contributed by atoms with Crippen LogP contribution in [0.5, 0.6) is 5.75 Å². The lowest BCUT2D eigenvalue weighted by molar-refractivity contribution is 0.274. The van der Waals surface area contributed by atoms with Gasteiger partial charge in [-0.2, -0.15) is 0 Å². The Kier molecular flexibility index (Phi) is 3.69. The highest BCUT2D eigenvalue weighted by Crippen LogP contribution is 2.32. The van der Waals surface area contributed by atoms with E-state index in [9.17, 15) is 0 Å². The first-order valence-corrected chi connectivity index (χ1v) is 7.03. The molecule has 1 aliphatic carbocycles. The van der Waals surface area contributed by atoms with Crippen molar-refractivity contribution in [1.82, 2.24) is 4.98 Å².